The van der Waals surface area contributed by atoms with Crippen molar-refractivity contribution in [2.24, 2.45) is 0 Å². The second kappa shape index (κ2) is 8.07. The molecule has 1 atom stereocenters. The number of nitrogens with one attached hydrogen (secondary N) is 2. The number of aromatic nitrogens is 3. The van der Waals surface area contributed by atoms with Crippen LogP contribution < -0.4 is 15.5 Å². The van der Waals surface area contributed by atoms with Gasteiger partial charge in [0.25, 0.3) is 5.91 Å². The quantitative estimate of drug-likeness (QED) is 0.582. The second-order valence-corrected chi connectivity index (χ2v) is 8.30. The number of hydrogen-bond donors (Lipinski definition) is 2. The Morgan fingerprint density at radius 1 is 1.24 bits per heavy atom. The zero-order chi connectivity index (χ0) is 23.3. The van der Waals surface area contributed by atoms with Gasteiger partial charge in [-0.15, -0.1) is 0 Å². The molecule has 33 heavy (non-hydrogen) atoms. The smallest absolute Gasteiger partial charge is 0.269 e. The lowest BCUT2D eigenvalue weighted by molar-refractivity contribution is -0.117. The first-order valence-electron chi connectivity index (χ1n) is 10.7. The fraction of sp³-hybridized carbons (Fsp3) is 0.364. The first kappa shape index (κ1) is 21.3. The lowest BCUT2D eigenvalue weighted by Crippen LogP contribution is -2.46. The van der Waals surface area contributed by atoms with Crippen molar-refractivity contribution < 1.29 is 18.4 Å². The molecule has 0 aliphatic carbocycles. The molecule has 1 saturated heterocycles. The Balaban J connectivity index is 1.31. The molecule has 3 aromatic heterocycles. The van der Waals surface area contributed by atoms with Crippen molar-refractivity contribution in [3.63, 3.8) is 0 Å². The summed E-state index contributed by atoms with van der Waals surface area (Å²) in [6.07, 6.45) is 3.28. The van der Waals surface area contributed by atoms with Crippen LogP contribution >= 0.6 is 0 Å². The van der Waals surface area contributed by atoms with Crippen molar-refractivity contribution in [2.45, 2.75) is 19.4 Å². The van der Waals surface area contributed by atoms with Gasteiger partial charge in [-0.3, -0.25) is 14.5 Å². The maximum absolute atomic E-state index is 15.3. The lowest BCUT2D eigenvalue weighted by Gasteiger charge is -2.36. The molecule has 0 saturated carbocycles. The summed E-state index contributed by atoms with van der Waals surface area (Å²) in [7, 11) is 1.46. The minimum absolute atomic E-state index is 0.0236. The first-order chi connectivity index (χ1) is 15.9. The molecule has 5 heterocycles. The van der Waals surface area contributed by atoms with Gasteiger partial charge in [0.2, 0.25) is 11.9 Å². The number of hydrogen-bond acceptors (Lipinski definition) is 6. The summed E-state index contributed by atoms with van der Waals surface area (Å²) in [6.45, 7) is 4.31. The van der Waals surface area contributed by atoms with Crippen LogP contribution in [0.1, 0.15) is 34.5 Å². The van der Waals surface area contributed by atoms with E-state index < -0.39 is 17.7 Å². The van der Waals surface area contributed by atoms with Crippen LogP contribution in [0, 0.1) is 11.8 Å². The van der Waals surface area contributed by atoms with E-state index >= 15 is 4.39 Å². The van der Waals surface area contributed by atoms with Crippen LogP contribution in [0.4, 0.5) is 20.2 Å². The monoisotopic (exact) mass is 455 g/mol. The van der Waals surface area contributed by atoms with E-state index in [9.17, 15) is 14.0 Å². The topological polar surface area (TPSA) is 94.9 Å². The van der Waals surface area contributed by atoms with Crippen LogP contribution in [0.15, 0.2) is 24.5 Å². The van der Waals surface area contributed by atoms with Gasteiger partial charge in [-0.25, -0.2) is 13.9 Å². The van der Waals surface area contributed by atoms with Crippen LogP contribution in [-0.4, -0.2) is 64.5 Å². The number of amides is 2. The number of halogens is 2. The average Bonchev–Trinajstić information content (AvgIpc) is 3.24. The van der Waals surface area contributed by atoms with Crippen molar-refractivity contribution in [1.82, 2.24) is 24.8 Å². The van der Waals surface area contributed by atoms with Gasteiger partial charge >= 0.3 is 0 Å². The van der Waals surface area contributed by atoms with Crippen LogP contribution in [0.25, 0.3) is 5.52 Å². The van der Waals surface area contributed by atoms with Crippen molar-refractivity contribution in [1.29, 1.82) is 0 Å². The summed E-state index contributed by atoms with van der Waals surface area (Å²) >= 11 is 0. The highest BCUT2D eigenvalue weighted by Gasteiger charge is 2.31. The third-order valence-corrected chi connectivity index (χ3v) is 6.34. The summed E-state index contributed by atoms with van der Waals surface area (Å²) in [6, 6.07) is 3.05. The van der Waals surface area contributed by atoms with E-state index in [1.54, 1.807) is 29.9 Å². The van der Waals surface area contributed by atoms with Gasteiger partial charge in [0.05, 0.1) is 23.3 Å². The summed E-state index contributed by atoms with van der Waals surface area (Å²) < 4.78 is 31.4. The van der Waals surface area contributed by atoms with Crippen LogP contribution in [0.3, 0.4) is 0 Å². The highest BCUT2D eigenvalue weighted by Crippen LogP contribution is 2.36. The van der Waals surface area contributed by atoms with E-state index in [2.05, 4.69) is 25.6 Å². The molecule has 2 amide bonds. The SMILES string of the molecule is CNC(=O)c1ccc(N2CCN(Cc3cn4ncc5c4c(c3F)NC(=O)[C@H]5C)CC2)c(F)n1. The van der Waals surface area contributed by atoms with Gasteiger partial charge < -0.3 is 15.5 Å². The second-order valence-electron chi connectivity index (χ2n) is 8.30. The molecule has 5 rings (SSSR count). The third-order valence-electron chi connectivity index (χ3n) is 6.34. The van der Waals surface area contributed by atoms with E-state index in [-0.39, 0.29) is 23.2 Å². The molecule has 0 unspecified atom stereocenters. The number of nitrogens with zero attached hydrogens (tertiary/aromatic N) is 5. The van der Waals surface area contributed by atoms with E-state index in [4.69, 9.17) is 0 Å². The average molecular weight is 455 g/mol. The molecule has 0 bridgehead atoms. The molecular weight excluding hydrogens is 432 g/mol. The molecule has 172 valence electrons. The molecule has 9 nitrogen and oxygen atoms in total. The summed E-state index contributed by atoms with van der Waals surface area (Å²) in [4.78, 5) is 31.6. The Hall–Kier alpha value is -3.60. The minimum atomic E-state index is -0.695. The van der Waals surface area contributed by atoms with Crippen LogP contribution in [0.2, 0.25) is 0 Å². The molecule has 11 heteroatoms. The van der Waals surface area contributed by atoms with Gasteiger partial charge in [-0.1, -0.05) is 0 Å². The third kappa shape index (κ3) is 3.58. The van der Waals surface area contributed by atoms with Crippen LogP contribution in [-0.2, 0) is 11.3 Å². The van der Waals surface area contributed by atoms with E-state index in [1.165, 1.54) is 13.1 Å². The lowest BCUT2D eigenvalue weighted by atomic mass is 9.97. The maximum Gasteiger partial charge on any atom is 0.269 e. The fourth-order valence-corrected chi connectivity index (χ4v) is 4.42. The zero-order valence-electron chi connectivity index (χ0n) is 18.2. The van der Waals surface area contributed by atoms with Crippen molar-refractivity contribution in [2.75, 3.05) is 43.4 Å². The van der Waals surface area contributed by atoms with E-state index in [1.807, 2.05) is 4.90 Å². The number of piperazine rings is 1. The highest BCUT2D eigenvalue weighted by atomic mass is 19.1. The number of carbonyl (C=O) groups excluding carboxylic acids is 2. The molecule has 0 spiro atoms. The summed E-state index contributed by atoms with van der Waals surface area (Å²) in [5.41, 5.74) is 2.27. The standard InChI is InChI=1S/C22H23F2N7O2/c1-12-14-9-26-31-11-13(17(23)18(19(14)31)28-21(12)32)10-29-5-7-30(8-6-29)16-4-3-15(22(33)25-2)27-20(16)24/h3-4,9,11-12H,5-8,10H2,1-2H3,(H,25,33)(H,28,32)/t12-/m0/s1. The van der Waals surface area contributed by atoms with Crippen LogP contribution in [0.5, 0.6) is 0 Å². The van der Waals surface area contributed by atoms with Crippen molar-refractivity contribution in [3.8, 4) is 0 Å². The number of carbonyl (C=O) groups is 2. The van der Waals surface area contributed by atoms with Gasteiger partial charge in [0, 0.05) is 57.1 Å². The molecule has 2 aliphatic heterocycles. The Morgan fingerprint density at radius 3 is 2.70 bits per heavy atom. The van der Waals surface area contributed by atoms with Gasteiger partial charge in [-0.05, 0) is 19.1 Å². The Labute approximate surface area is 188 Å². The predicted molar refractivity (Wildman–Crippen MR) is 117 cm³/mol. The molecule has 1 fully saturated rings. The maximum atomic E-state index is 15.3. The number of rotatable bonds is 4. The van der Waals surface area contributed by atoms with E-state index in [0.717, 1.165) is 0 Å². The van der Waals surface area contributed by atoms with Gasteiger partial charge in [0.15, 0.2) is 5.82 Å². The molecule has 2 aliphatic rings. The molecule has 2 N–H and O–H groups in total. The fourth-order valence-electron chi connectivity index (χ4n) is 4.42. The predicted octanol–water partition coefficient (Wildman–Crippen LogP) is 1.74. The Morgan fingerprint density at radius 2 is 2.00 bits per heavy atom. The van der Waals surface area contributed by atoms with Gasteiger partial charge in [0.1, 0.15) is 11.4 Å². The van der Waals surface area contributed by atoms with Crippen molar-refractivity contribution in [3.05, 3.63) is 53.1 Å². The normalized spacial score (nSPS) is 18.5. The van der Waals surface area contributed by atoms with E-state index in [0.29, 0.717) is 55.1 Å². The first-order valence-corrected chi connectivity index (χ1v) is 10.7. The molecule has 3 aromatic rings. The highest BCUT2D eigenvalue weighted by molar-refractivity contribution is 6.05. The van der Waals surface area contributed by atoms with Gasteiger partial charge in [-0.2, -0.15) is 9.49 Å². The largest absolute Gasteiger partial charge is 0.365 e. The minimum Gasteiger partial charge on any atom is -0.365 e. The molecular formula is C22H23F2N7O2. The van der Waals surface area contributed by atoms with Crippen molar-refractivity contribution >= 4 is 28.7 Å². The summed E-state index contributed by atoms with van der Waals surface area (Å²) in [5, 5.41) is 9.41. The number of pyridine rings is 2. The Kier molecular flexibility index (Phi) is 5.20. The molecule has 0 radical (unpaired) electrons. The zero-order valence-corrected chi connectivity index (χ0v) is 18.2. The molecule has 0 aromatic carbocycles. The number of anilines is 2. The summed E-state index contributed by atoms with van der Waals surface area (Å²) in [5.74, 6) is -2.22. The Bertz CT molecular complexity index is 1270.